The van der Waals surface area contributed by atoms with E-state index in [4.69, 9.17) is 5.73 Å². The molecule has 2 heterocycles. The minimum Gasteiger partial charge on any atom is -0.374 e. The summed E-state index contributed by atoms with van der Waals surface area (Å²) in [6.45, 7) is 2.18. The molecule has 3 unspecified atom stereocenters. The van der Waals surface area contributed by atoms with Gasteiger partial charge in [-0.25, -0.2) is 0 Å². The van der Waals surface area contributed by atoms with Crippen LogP contribution in [0.15, 0.2) is 71.4 Å². The molecule has 1 aromatic rings. The highest BCUT2D eigenvalue weighted by Gasteiger charge is 2.38. The number of amides is 1. The number of primary amides is 1. The lowest BCUT2D eigenvalue weighted by Gasteiger charge is -2.47. The van der Waals surface area contributed by atoms with E-state index in [-0.39, 0.29) is 24.4 Å². The Morgan fingerprint density at radius 1 is 1.23 bits per heavy atom. The molecule has 1 saturated heterocycles. The summed E-state index contributed by atoms with van der Waals surface area (Å²) in [7, 11) is 0. The van der Waals surface area contributed by atoms with Gasteiger partial charge in [0.25, 0.3) is 0 Å². The van der Waals surface area contributed by atoms with Gasteiger partial charge in [0.05, 0.1) is 0 Å². The van der Waals surface area contributed by atoms with Crippen LogP contribution in [0.2, 0.25) is 0 Å². The van der Waals surface area contributed by atoms with Gasteiger partial charge in [-0.3, -0.25) is 19.6 Å². The number of piperazine rings is 1. The zero-order valence-corrected chi connectivity index (χ0v) is 17.9. The number of hydrogen-bond donors (Lipinski definition) is 2. The Morgan fingerprint density at radius 2 is 2.06 bits per heavy atom. The summed E-state index contributed by atoms with van der Waals surface area (Å²) in [5.74, 6) is 0.0324. The van der Waals surface area contributed by atoms with Gasteiger partial charge in [0.1, 0.15) is 6.23 Å². The third-order valence-electron chi connectivity index (χ3n) is 6.50. The molecule has 6 nitrogen and oxygen atoms in total. The lowest BCUT2D eigenvalue weighted by Crippen LogP contribution is -2.59. The van der Waals surface area contributed by atoms with Gasteiger partial charge >= 0.3 is 0 Å². The van der Waals surface area contributed by atoms with Crippen LogP contribution in [-0.4, -0.2) is 58.9 Å². The molecule has 0 bridgehead atoms. The molecule has 0 radical (unpaired) electrons. The van der Waals surface area contributed by atoms with E-state index in [0.29, 0.717) is 19.0 Å². The average molecular weight is 421 g/mol. The second kappa shape index (κ2) is 10.2. The van der Waals surface area contributed by atoms with Gasteiger partial charge in [0, 0.05) is 56.5 Å². The Hall–Kier alpha value is -2.54. The van der Waals surface area contributed by atoms with Crippen molar-refractivity contribution in [2.24, 2.45) is 16.6 Å². The average Bonchev–Trinajstić information content (AvgIpc) is 2.81. The number of aliphatic hydroxyl groups is 1. The first kappa shape index (κ1) is 21.7. The van der Waals surface area contributed by atoms with Gasteiger partial charge in [0.2, 0.25) is 5.91 Å². The summed E-state index contributed by atoms with van der Waals surface area (Å²) in [6.07, 6.45) is 14.5. The van der Waals surface area contributed by atoms with Crippen molar-refractivity contribution in [1.82, 2.24) is 9.80 Å². The number of allylic oxidation sites excluding steroid dienone is 3. The Bertz CT molecular complexity index is 877. The number of aliphatic hydroxyl groups excluding tert-OH is 1. The summed E-state index contributed by atoms with van der Waals surface area (Å²) in [5.41, 5.74) is 7.80. The van der Waals surface area contributed by atoms with Crippen LogP contribution < -0.4 is 5.73 Å². The van der Waals surface area contributed by atoms with Gasteiger partial charge in [-0.1, -0.05) is 54.6 Å². The summed E-state index contributed by atoms with van der Waals surface area (Å²) < 4.78 is 0. The molecule has 0 saturated carbocycles. The smallest absolute Gasteiger partial charge is 0.219 e. The Balaban J connectivity index is 1.57. The zero-order valence-electron chi connectivity index (χ0n) is 17.9. The number of aliphatic imine (C=N–C) groups is 1. The predicted octanol–water partition coefficient (Wildman–Crippen LogP) is 2.79. The van der Waals surface area contributed by atoms with Crippen molar-refractivity contribution in [3.63, 3.8) is 0 Å². The first-order chi connectivity index (χ1) is 15.1. The van der Waals surface area contributed by atoms with Crippen molar-refractivity contribution in [2.75, 3.05) is 19.6 Å². The van der Waals surface area contributed by atoms with Gasteiger partial charge in [-0.15, -0.1) is 0 Å². The van der Waals surface area contributed by atoms with Crippen LogP contribution in [0.5, 0.6) is 0 Å². The monoisotopic (exact) mass is 420 g/mol. The molecule has 1 amide bonds. The summed E-state index contributed by atoms with van der Waals surface area (Å²) >= 11 is 0. The maximum atomic E-state index is 11.9. The van der Waals surface area contributed by atoms with E-state index < -0.39 is 6.23 Å². The molecule has 0 aromatic heterocycles. The van der Waals surface area contributed by atoms with Crippen molar-refractivity contribution in [3.8, 4) is 0 Å². The van der Waals surface area contributed by atoms with E-state index in [1.54, 1.807) is 6.20 Å². The molecule has 1 aromatic carbocycles. The van der Waals surface area contributed by atoms with Gasteiger partial charge in [-0.05, 0) is 30.4 Å². The molecule has 1 aliphatic carbocycles. The highest BCUT2D eigenvalue weighted by atomic mass is 16.3. The second-order valence-electron chi connectivity index (χ2n) is 8.57. The number of hydrogen-bond acceptors (Lipinski definition) is 5. The Morgan fingerprint density at radius 3 is 2.74 bits per heavy atom. The van der Waals surface area contributed by atoms with E-state index in [2.05, 4.69) is 58.5 Å². The van der Waals surface area contributed by atoms with E-state index in [9.17, 15) is 9.90 Å². The van der Waals surface area contributed by atoms with Crippen LogP contribution in [0.25, 0.3) is 0 Å². The van der Waals surface area contributed by atoms with E-state index in [1.807, 2.05) is 17.2 Å². The summed E-state index contributed by atoms with van der Waals surface area (Å²) in [4.78, 5) is 20.6. The fourth-order valence-electron chi connectivity index (χ4n) is 5.02. The van der Waals surface area contributed by atoms with Gasteiger partial charge in [0.15, 0.2) is 0 Å². The van der Waals surface area contributed by atoms with Crippen molar-refractivity contribution in [3.05, 3.63) is 72.0 Å². The van der Waals surface area contributed by atoms with Crippen molar-refractivity contribution < 1.29 is 9.90 Å². The van der Waals surface area contributed by atoms with Crippen molar-refractivity contribution in [2.45, 2.75) is 44.0 Å². The number of benzene rings is 1. The highest BCUT2D eigenvalue weighted by Crippen LogP contribution is 2.36. The zero-order chi connectivity index (χ0) is 21.6. The fraction of sp³-hybridized carbons (Fsp3) is 0.440. The van der Waals surface area contributed by atoms with Crippen LogP contribution in [0, 0.1) is 5.92 Å². The first-order valence-corrected chi connectivity index (χ1v) is 11.2. The molecule has 31 heavy (non-hydrogen) atoms. The Kier molecular flexibility index (Phi) is 7.12. The topological polar surface area (TPSA) is 82.2 Å². The standard InChI is InChI=1S/C25H32N4O2/c26-23(30)16-22-18-28(14-15-29(22)25(31)21-12-7-13-27-17-21)24(19-8-3-1-4-9-19)20-10-5-2-6-11-20/h1-6,8-10,13,17,20,22,24-25,31H,7,11-12,14-16,18H2,(H2,26,30)/t20?,22-,24?,25?/m0/s1. The fourth-order valence-corrected chi connectivity index (χ4v) is 5.02. The van der Waals surface area contributed by atoms with Crippen LogP contribution in [0.1, 0.15) is 37.3 Å². The maximum Gasteiger partial charge on any atom is 0.219 e. The maximum absolute atomic E-state index is 11.9. The van der Waals surface area contributed by atoms with E-state index >= 15 is 0 Å². The van der Waals surface area contributed by atoms with Crippen molar-refractivity contribution in [1.29, 1.82) is 0 Å². The molecule has 2 aliphatic heterocycles. The molecule has 164 valence electrons. The lowest BCUT2D eigenvalue weighted by molar-refractivity contribution is -0.122. The minimum absolute atomic E-state index is 0.137. The molecule has 1 fully saturated rings. The third-order valence-corrected chi connectivity index (χ3v) is 6.50. The van der Waals surface area contributed by atoms with Gasteiger partial charge < -0.3 is 10.8 Å². The van der Waals surface area contributed by atoms with Crippen LogP contribution in [-0.2, 0) is 4.79 Å². The van der Waals surface area contributed by atoms with Gasteiger partial charge in [-0.2, -0.15) is 0 Å². The summed E-state index contributed by atoms with van der Waals surface area (Å²) in [5, 5.41) is 11.1. The number of carbonyl (C=O) groups excluding carboxylic acids is 1. The normalized spacial score (nSPS) is 26.4. The second-order valence-corrected chi connectivity index (χ2v) is 8.57. The number of rotatable bonds is 7. The first-order valence-electron chi connectivity index (χ1n) is 11.2. The Labute approximate surface area is 184 Å². The van der Waals surface area contributed by atoms with Crippen molar-refractivity contribution >= 4 is 12.1 Å². The van der Waals surface area contributed by atoms with E-state index in [1.165, 1.54) is 5.56 Å². The molecular weight excluding hydrogens is 388 g/mol. The highest BCUT2D eigenvalue weighted by molar-refractivity contribution is 5.74. The SMILES string of the molecule is NC(=O)C[C@H]1CN(C(c2ccccc2)C2C=CC=CC2)CCN1C(O)C1=CN=CCC1. The minimum atomic E-state index is -0.725. The lowest BCUT2D eigenvalue weighted by atomic mass is 9.85. The quantitative estimate of drug-likeness (QED) is 0.711. The van der Waals surface area contributed by atoms with Crippen LogP contribution >= 0.6 is 0 Å². The van der Waals surface area contributed by atoms with Crippen LogP contribution in [0.4, 0.5) is 0 Å². The number of nitrogens with two attached hydrogens (primary N) is 1. The molecule has 3 N–H and O–H groups in total. The molecular formula is C25H32N4O2. The van der Waals surface area contributed by atoms with Crippen LogP contribution in [0.3, 0.4) is 0 Å². The van der Waals surface area contributed by atoms with E-state index in [0.717, 1.165) is 31.4 Å². The number of nitrogens with zero attached hydrogens (tertiary/aromatic N) is 3. The molecule has 3 aliphatic rings. The predicted molar refractivity (Wildman–Crippen MR) is 123 cm³/mol. The largest absolute Gasteiger partial charge is 0.374 e. The molecule has 4 rings (SSSR count). The summed E-state index contributed by atoms with van der Waals surface area (Å²) in [6, 6.07) is 10.7. The molecule has 4 atom stereocenters. The molecule has 6 heteroatoms. The number of carbonyl (C=O) groups is 1. The molecule has 0 spiro atoms. The third kappa shape index (κ3) is 5.21.